The molecule has 0 aliphatic rings. The minimum atomic E-state index is -0.362. The predicted octanol–water partition coefficient (Wildman–Crippen LogP) is 6.18. The fourth-order valence-electron chi connectivity index (χ4n) is 3.02. The molecule has 0 aromatic heterocycles. The number of nitrogens with one attached hydrogen (secondary N) is 1. The van der Waals surface area contributed by atoms with Crippen molar-refractivity contribution in [3.63, 3.8) is 0 Å². The van der Waals surface area contributed by atoms with Crippen LogP contribution < -0.4 is 10.1 Å². The number of benzene rings is 3. The second-order valence-electron chi connectivity index (χ2n) is 7.12. The largest absolute Gasteiger partial charge is 0.488 e. The number of amides is 1. The van der Waals surface area contributed by atoms with Crippen LogP contribution in [0.2, 0.25) is 5.02 Å². The average Bonchev–Trinajstić information content (AvgIpc) is 2.81. The SMILES string of the molecule is N#C/C(=C/c1ccc(OCc2ccc(Cl)cc2)c(I)c1)C(=O)NCCCc1ccccc1. The molecule has 4 nitrogen and oxygen atoms in total. The fourth-order valence-corrected chi connectivity index (χ4v) is 3.84. The summed E-state index contributed by atoms with van der Waals surface area (Å²) in [4.78, 5) is 12.4. The molecule has 0 unspecified atom stereocenters. The Morgan fingerprint density at radius 1 is 1.06 bits per heavy atom. The maximum absolute atomic E-state index is 12.4. The Labute approximate surface area is 207 Å². The number of aryl methyl sites for hydroxylation is 1. The number of nitrogens with zero attached hydrogens (tertiary/aromatic N) is 1. The van der Waals surface area contributed by atoms with Crippen molar-refractivity contribution in [1.82, 2.24) is 5.32 Å². The van der Waals surface area contributed by atoms with E-state index >= 15 is 0 Å². The maximum Gasteiger partial charge on any atom is 0.261 e. The van der Waals surface area contributed by atoms with Crippen LogP contribution in [-0.4, -0.2) is 12.5 Å². The number of nitriles is 1. The molecule has 0 saturated heterocycles. The van der Waals surface area contributed by atoms with Crippen LogP contribution in [0.25, 0.3) is 6.08 Å². The normalized spacial score (nSPS) is 11.0. The van der Waals surface area contributed by atoms with Crippen LogP contribution in [0.1, 0.15) is 23.1 Å². The first-order valence-electron chi connectivity index (χ1n) is 10.2. The van der Waals surface area contributed by atoms with Gasteiger partial charge in [0.2, 0.25) is 0 Å². The Hall–Kier alpha value is -2.82. The van der Waals surface area contributed by atoms with E-state index in [2.05, 4.69) is 40.0 Å². The molecule has 1 amide bonds. The number of halogens is 2. The second kappa shape index (κ2) is 12.3. The van der Waals surface area contributed by atoms with Crippen LogP contribution in [0.4, 0.5) is 0 Å². The summed E-state index contributed by atoms with van der Waals surface area (Å²) in [6.45, 7) is 0.943. The number of carbonyl (C=O) groups is 1. The summed E-state index contributed by atoms with van der Waals surface area (Å²) in [5.74, 6) is 0.375. The summed E-state index contributed by atoms with van der Waals surface area (Å²) in [7, 11) is 0. The van der Waals surface area contributed by atoms with E-state index in [4.69, 9.17) is 16.3 Å². The predicted molar refractivity (Wildman–Crippen MR) is 136 cm³/mol. The van der Waals surface area contributed by atoms with E-state index in [0.29, 0.717) is 18.2 Å². The highest BCUT2D eigenvalue weighted by Crippen LogP contribution is 2.24. The molecule has 0 saturated carbocycles. The van der Waals surface area contributed by atoms with E-state index in [1.54, 1.807) is 6.08 Å². The van der Waals surface area contributed by atoms with E-state index in [1.165, 1.54) is 5.56 Å². The Balaban J connectivity index is 1.55. The van der Waals surface area contributed by atoms with E-state index in [0.717, 1.165) is 33.3 Å². The van der Waals surface area contributed by atoms with E-state index in [9.17, 15) is 10.1 Å². The van der Waals surface area contributed by atoms with Gasteiger partial charge in [0.1, 0.15) is 24.0 Å². The number of rotatable bonds is 9. The highest BCUT2D eigenvalue weighted by atomic mass is 127. The molecule has 6 heteroatoms. The fraction of sp³-hybridized carbons (Fsp3) is 0.154. The Kier molecular flexibility index (Phi) is 9.14. The monoisotopic (exact) mass is 556 g/mol. The molecule has 0 radical (unpaired) electrons. The van der Waals surface area contributed by atoms with Crippen molar-refractivity contribution in [2.75, 3.05) is 6.54 Å². The number of hydrogen-bond donors (Lipinski definition) is 1. The van der Waals surface area contributed by atoms with Gasteiger partial charge in [0, 0.05) is 11.6 Å². The lowest BCUT2D eigenvalue weighted by atomic mass is 10.1. The topological polar surface area (TPSA) is 62.1 Å². The van der Waals surface area contributed by atoms with Gasteiger partial charge in [-0.05, 0) is 82.5 Å². The molecule has 0 bridgehead atoms. The number of carbonyl (C=O) groups excluding carboxylic acids is 1. The number of ether oxygens (including phenoxy) is 1. The van der Waals surface area contributed by atoms with Crippen molar-refractivity contribution in [2.45, 2.75) is 19.4 Å². The van der Waals surface area contributed by atoms with Gasteiger partial charge in [0.05, 0.1) is 3.57 Å². The summed E-state index contributed by atoms with van der Waals surface area (Å²) < 4.78 is 6.78. The molecule has 1 N–H and O–H groups in total. The Morgan fingerprint density at radius 2 is 1.81 bits per heavy atom. The first-order chi connectivity index (χ1) is 15.5. The van der Waals surface area contributed by atoms with Crippen molar-refractivity contribution in [3.05, 3.63) is 104 Å². The molecule has 0 aliphatic carbocycles. The molecule has 3 aromatic carbocycles. The lowest BCUT2D eigenvalue weighted by molar-refractivity contribution is -0.117. The summed E-state index contributed by atoms with van der Waals surface area (Å²) in [6, 6.07) is 25.2. The van der Waals surface area contributed by atoms with Crippen LogP contribution in [0.5, 0.6) is 5.75 Å². The van der Waals surface area contributed by atoms with Gasteiger partial charge in [-0.2, -0.15) is 5.26 Å². The second-order valence-corrected chi connectivity index (χ2v) is 8.72. The van der Waals surface area contributed by atoms with E-state index in [1.807, 2.05) is 66.7 Å². The van der Waals surface area contributed by atoms with Crippen molar-refractivity contribution in [2.24, 2.45) is 0 Å². The molecular weight excluding hydrogens is 535 g/mol. The zero-order chi connectivity index (χ0) is 22.8. The smallest absolute Gasteiger partial charge is 0.261 e. The van der Waals surface area contributed by atoms with Gasteiger partial charge >= 0.3 is 0 Å². The van der Waals surface area contributed by atoms with Crippen LogP contribution in [0, 0.1) is 14.9 Å². The molecule has 0 aliphatic heterocycles. The molecule has 0 heterocycles. The minimum absolute atomic E-state index is 0.0790. The lowest BCUT2D eigenvalue weighted by Gasteiger charge is -2.09. The van der Waals surface area contributed by atoms with Crippen LogP contribution in [-0.2, 0) is 17.8 Å². The molecular formula is C26H22ClIN2O2. The van der Waals surface area contributed by atoms with Gasteiger partial charge in [0.25, 0.3) is 5.91 Å². The molecule has 0 spiro atoms. The van der Waals surface area contributed by atoms with Crippen molar-refractivity contribution in [1.29, 1.82) is 5.26 Å². The van der Waals surface area contributed by atoms with Crippen molar-refractivity contribution >= 4 is 46.2 Å². The highest BCUT2D eigenvalue weighted by Gasteiger charge is 2.10. The summed E-state index contributed by atoms with van der Waals surface area (Å²) in [5, 5.41) is 12.9. The minimum Gasteiger partial charge on any atom is -0.488 e. The Bertz CT molecular complexity index is 1120. The Morgan fingerprint density at radius 3 is 2.50 bits per heavy atom. The van der Waals surface area contributed by atoms with Crippen molar-refractivity contribution in [3.8, 4) is 11.8 Å². The summed E-state index contributed by atoms with van der Waals surface area (Å²) in [5.41, 5.74) is 3.09. The van der Waals surface area contributed by atoms with Gasteiger partial charge < -0.3 is 10.1 Å². The van der Waals surface area contributed by atoms with Gasteiger partial charge in [-0.25, -0.2) is 0 Å². The molecule has 0 atom stereocenters. The van der Waals surface area contributed by atoms with E-state index in [-0.39, 0.29) is 11.5 Å². The number of hydrogen-bond acceptors (Lipinski definition) is 3. The molecule has 3 rings (SSSR count). The third kappa shape index (κ3) is 7.40. The third-order valence-corrected chi connectivity index (χ3v) is 5.81. The zero-order valence-corrected chi connectivity index (χ0v) is 20.3. The average molecular weight is 557 g/mol. The standard InChI is InChI=1S/C26H22ClIN2O2/c27-23-11-8-20(9-12-23)18-32-25-13-10-21(16-24(25)28)15-22(17-29)26(31)30-14-4-7-19-5-2-1-3-6-19/h1-3,5-6,8-13,15-16H,4,7,14,18H2,(H,30,31)/b22-15-. The third-order valence-electron chi connectivity index (χ3n) is 4.71. The van der Waals surface area contributed by atoms with Gasteiger partial charge in [-0.1, -0.05) is 60.1 Å². The zero-order valence-electron chi connectivity index (χ0n) is 17.4. The molecule has 3 aromatic rings. The van der Waals surface area contributed by atoms with Crippen molar-refractivity contribution < 1.29 is 9.53 Å². The first-order valence-corrected chi connectivity index (χ1v) is 11.6. The lowest BCUT2D eigenvalue weighted by Crippen LogP contribution is -2.25. The molecule has 32 heavy (non-hydrogen) atoms. The van der Waals surface area contributed by atoms with Crippen LogP contribution >= 0.6 is 34.2 Å². The van der Waals surface area contributed by atoms with Crippen LogP contribution in [0.15, 0.2) is 78.4 Å². The van der Waals surface area contributed by atoms with E-state index < -0.39 is 0 Å². The highest BCUT2D eigenvalue weighted by molar-refractivity contribution is 14.1. The van der Waals surface area contributed by atoms with Crippen LogP contribution in [0.3, 0.4) is 0 Å². The maximum atomic E-state index is 12.4. The quantitative estimate of drug-likeness (QED) is 0.148. The summed E-state index contributed by atoms with van der Waals surface area (Å²) >= 11 is 8.09. The van der Waals surface area contributed by atoms with Gasteiger partial charge in [0.15, 0.2) is 0 Å². The molecule has 162 valence electrons. The van der Waals surface area contributed by atoms with Gasteiger partial charge in [-0.15, -0.1) is 0 Å². The van der Waals surface area contributed by atoms with Gasteiger partial charge in [-0.3, -0.25) is 4.79 Å². The summed E-state index contributed by atoms with van der Waals surface area (Å²) in [6.07, 6.45) is 3.28. The molecule has 0 fully saturated rings. The first kappa shape index (κ1) is 23.8.